The van der Waals surface area contributed by atoms with Crippen LogP contribution in [0.25, 0.3) is 0 Å². The number of hydrogen-bond donors (Lipinski definition) is 0. The predicted molar refractivity (Wildman–Crippen MR) is 108 cm³/mol. The highest BCUT2D eigenvalue weighted by Gasteiger charge is 2.44. The molecule has 0 unspecified atom stereocenters. The van der Waals surface area contributed by atoms with Crippen LogP contribution in [-0.4, -0.2) is 37.0 Å². The molecule has 2 atom stereocenters. The smallest absolute Gasteiger partial charge is 0.268 e. The third-order valence-electron chi connectivity index (χ3n) is 6.38. The summed E-state index contributed by atoms with van der Waals surface area (Å²) < 4.78 is 0. The number of anilines is 1. The van der Waals surface area contributed by atoms with Crippen LogP contribution in [0.5, 0.6) is 0 Å². The van der Waals surface area contributed by atoms with Crippen LogP contribution in [0.2, 0.25) is 0 Å². The van der Waals surface area contributed by atoms with Crippen molar-refractivity contribution in [3.05, 3.63) is 50.7 Å². The number of fused-ring (bicyclic) bond motifs is 4. The number of likely N-dealkylation sites (tertiary alicyclic amines) is 1. The fourth-order valence-electron chi connectivity index (χ4n) is 5.06. The van der Waals surface area contributed by atoms with E-state index in [1.165, 1.54) is 34.4 Å². The molecular weight excluding hydrogens is 340 g/mol. The minimum absolute atomic E-state index is 0.228. The van der Waals surface area contributed by atoms with Gasteiger partial charge in [0.1, 0.15) is 0 Å². The lowest BCUT2D eigenvalue weighted by Gasteiger charge is -2.36. The highest BCUT2D eigenvalue weighted by Crippen LogP contribution is 2.46. The zero-order valence-electron chi connectivity index (χ0n) is 15.6. The average molecular weight is 367 g/mol. The second kappa shape index (κ2) is 6.21. The topological polar surface area (TPSA) is 23.6 Å². The highest BCUT2D eigenvalue weighted by molar-refractivity contribution is 7.14. The number of piperidine rings is 1. The maximum absolute atomic E-state index is 13.6. The van der Waals surface area contributed by atoms with Gasteiger partial charge >= 0.3 is 0 Å². The van der Waals surface area contributed by atoms with E-state index in [1.807, 2.05) is 0 Å². The van der Waals surface area contributed by atoms with Gasteiger partial charge in [-0.3, -0.25) is 4.79 Å². The number of rotatable bonds is 1. The van der Waals surface area contributed by atoms with Crippen molar-refractivity contribution in [2.45, 2.75) is 51.0 Å². The molecule has 0 N–H and O–H groups in total. The normalized spacial score (nSPS) is 24.9. The molecule has 0 radical (unpaired) electrons. The minimum Gasteiger partial charge on any atom is -0.306 e. The van der Waals surface area contributed by atoms with Crippen molar-refractivity contribution in [1.82, 2.24) is 4.90 Å². The van der Waals surface area contributed by atoms with Gasteiger partial charge in [-0.15, -0.1) is 11.3 Å². The third kappa shape index (κ3) is 2.54. The van der Waals surface area contributed by atoms with Crippen LogP contribution < -0.4 is 4.90 Å². The molecule has 3 heterocycles. The second-order valence-corrected chi connectivity index (χ2v) is 9.37. The van der Waals surface area contributed by atoms with Crippen molar-refractivity contribution in [2.24, 2.45) is 0 Å². The monoisotopic (exact) mass is 366 g/mol. The predicted octanol–water partition coefficient (Wildman–Crippen LogP) is 4.38. The third-order valence-corrected chi connectivity index (χ3v) is 7.60. The molecular formula is C22H26N2OS. The van der Waals surface area contributed by atoms with Crippen molar-refractivity contribution >= 4 is 22.9 Å². The van der Waals surface area contributed by atoms with Crippen molar-refractivity contribution in [1.29, 1.82) is 0 Å². The Balaban J connectivity index is 1.55. The molecule has 0 bridgehead atoms. The lowest BCUT2D eigenvalue weighted by Crippen LogP contribution is -2.47. The molecule has 136 valence electrons. The van der Waals surface area contributed by atoms with Crippen LogP contribution in [-0.2, 0) is 12.8 Å². The lowest BCUT2D eigenvalue weighted by atomic mass is 9.89. The lowest BCUT2D eigenvalue weighted by molar-refractivity contribution is 0.0968. The molecule has 4 heteroatoms. The van der Waals surface area contributed by atoms with Crippen molar-refractivity contribution < 1.29 is 4.79 Å². The molecule has 3 nitrogen and oxygen atoms in total. The van der Waals surface area contributed by atoms with Crippen LogP contribution in [0, 0.1) is 6.92 Å². The van der Waals surface area contributed by atoms with Gasteiger partial charge < -0.3 is 9.80 Å². The summed E-state index contributed by atoms with van der Waals surface area (Å²) in [6.45, 7) is 4.27. The van der Waals surface area contributed by atoms with Crippen molar-refractivity contribution in [2.75, 3.05) is 25.0 Å². The highest BCUT2D eigenvalue weighted by atomic mass is 32.1. The Kier molecular flexibility index (Phi) is 3.94. The Bertz CT molecular complexity index is 848. The average Bonchev–Trinajstić information content (AvgIpc) is 3.20. The number of likely N-dealkylation sites (N-methyl/N-ethyl adjacent to an activating group) is 1. The summed E-state index contributed by atoms with van der Waals surface area (Å²) in [5.74, 6) is 0.675. The SMILES string of the molecule is Cc1ccc2c(c1)[C@@H]1CN(C)CC[C@H]1N2C(=O)c1cc2c(s1)CCCC2. The fraction of sp³-hybridized carbons (Fsp3) is 0.500. The van der Waals surface area contributed by atoms with Gasteiger partial charge in [-0.2, -0.15) is 0 Å². The maximum atomic E-state index is 13.6. The summed E-state index contributed by atoms with van der Waals surface area (Å²) in [5, 5.41) is 0. The molecule has 0 spiro atoms. The molecule has 0 saturated carbocycles. The number of hydrogen-bond acceptors (Lipinski definition) is 3. The minimum atomic E-state index is 0.228. The fourth-order valence-corrected chi connectivity index (χ4v) is 6.25. The molecule has 5 rings (SSSR count). The standard InChI is InChI=1S/C22H26N2OS/c1-14-7-8-18-16(11-14)17-13-23(2)10-9-19(17)24(18)22(25)21-12-15-5-3-4-6-20(15)26-21/h7-8,11-12,17,19H,3-6,9-10,13H2,1-2H3/t17-,19+/m0/s1. The van der Waals surface area contributed by atoms with E-state index in [4.69, 9.17) is 0 Å². The summed E-state index contributed by atoms with van der Waals surface area (Å²) in [6, 6.07) is 9.14. The van der Waals surface area contributed by atoms with Crippen LogP contribution >= 0.6 is 11.3 Å². The van der Waals surface area contributed by atoms with Crippen LogP contribution in [0.1, 0.15) is 56.4 Å². The number of aryl methyl sites for hydroxylation is 3. The van der Waals surface area contributed by atoms with Gasteiger partial charge in [0.15, 0.2) is 0 Å². The second-order valence-electron chi connectivity index (χ2n) is 8.23. The van der Waals surface area contributed by atoms with Crippen LogP contribution in [0.3, 0.4) is 0 Å². The Morgan fingerprint density at radius 1 is 1.19 bits per heavy atom. The van der Waals surface area contributed by atoms with E-state index in [9.17, 15) is 4.79 Å². The largest absolute Gasteiger partial charge is 0.306 e. The van der Waals surface area contributed by atoms with Gasteiger partial charge in [-0.1, -0.05) is 17.7 Å². The number of carbonyl (C=O) groups is 1. The van der Waals surface area contributed by atoms with E-state index in [1.54, 1.807) is 11.3 Å². The first kappa shape index (κ1) is 16.5. The first-order valence-electron chi connectivity index (χ1n) is 9.86. The summed E-state index contributed by atoms with van der Waals surface area (Å²) in [7, 11) is 2.20. The van der Waals surface area contributed by atoms with Crippen molar-refractivity contribution in [3.63, 3.8) is 0 Å². The molecule has 1 aromatic carbocycles. The number of benzene rings is 1. The molecule has 1 saturated heterocycles. The maximum Gasteiger partial charge on any atom is 0.268 e. The first-order valence-corrected chi connectivity index (χ1v) is 10.7. The molecule has 1 aliphatic carbocycles. The van der Waals surface area contributed by atoms with Crippen LogP contribution in [0.4, 0.5) is 5.69 Å². The molecule has 1 fully saturated rings. The molecule has 2 aliphatic heterocycles. The van der Waals surface area contributed by atoms with E-state index in [0.29, 0.717) is 12.0 Å². The summed E-state index contributed by atoms with van der Waals surface area (Å²) >= 11 is 1.75. The van der Waals surface area contributed by atoms with Crippen molar-refractivity contribution in [3.8, 4) is 0 Å². The molecule has 2 aromatic rings. The zero-order chi connectivity index (χ0) is 17.8. The van der Waals surface area contributed by atoms with Gasteiger partial charge in [0, 0.05) is 29.1 Å². The van der Waals surface area contributed by atoms with Gasteiger partial charge in [0.25, 0.3) is 5.91 Å². The number of carbonyl (C=O) groups excluding carboxylic acids is 1. The Labute approximate surface area is 159 Å². The quantitative estimate of drug-likeness (QED) is 0.748. The Morgan fingerprint density at radius 2 is 2.04 bits per heavy atom. The number of nitrogens with zero attached hydrogens (tertiary/aromatic N) is 2. The molecule has 1 aromatic heterocycles. The van der Waals surface area contributed by atoms with E-state index in [2.05, 4.69) is 48.0 Å². The van der Waals surface area contributed by atoms with E-state index < -0.39 is 0 Å². The van der Waals surface area contributed by atoms with Gasteiger partial charge in [-0.25, -0.2) is 0 Å². The summed E-state index contributed by atoms with van der Waals surface area (Å²) in [5.41, 5.74) is 5.23. The number of thiophene rings is 1. The Hall–Kier alpha value is -1.65. The zero-order valence-corrected chi connectivity index (χ0v) is 16.4. The van der Waals surface area contributed by atoms with Gasteiger partial charge in [0.05, 0.1) is 4.88 Å². The molecule has 1 amide bonds. The van der Waals surface area contributed by atoms with Crippen LogP contribution in [0.15, 0.2) is 24.3 Å². The van der Waals surface area contributed by atoms with E-state index in [-0.39, 0.29) is 5.91 Å². The van der Waals surface area contributed by atoms with E-state index >= 15 is 0 Å². The van der Waals surface area contributed by atoms with Gasteiger partial charge in [-0.05, 0) is 75.9 Å². The summed E-state index contributed by atoms with van der Waals surface area (Å²) in [4.78, 5) is 20.5. The number of amides is 1. The van der Waals surface area contributed by atoms with Gasteiger partial charge in [0.2, 0.25) is 0 Å². The first-order chi connectivity index (χ1) is 12.6. The summed E-state index contributed by atoms with van der Waals surface area (Å²) in [6.07, 6.45) is 5.89. The molecule has 26 heavy (non-hydrogen) atoms. The van der Waals surface area contributed by atoms with E-state index in [0.717, 1.165) is 42.9 Å². The Morgan fingerprint density at radius 3 is 2.88 bits per heavy atom. The molecule has 3 aliphatic rings.